The molecule has 2 amide bonds. The van der Waals surface area contributed by atoms with Gasteiger partial charge in [-0.1, -0.05) is 35.3 Å². The van der Waals surface area contributed by atoms with E-state index in [0.29, 0.717) is 65.7 Å². The zero-order valence-electron chi connectivity index (χ0n) is 32.4. The highest BCUT2D eigenvalue weighted by molar-refractivity contribution is 7.22. The van der Waals surface area contributed by atoms with Crippen molar-refractivity contribution in [1.82, 2.24) is 19.1 Å². The molecule has 0 spiro atoms. The normalized spacial score (nSPS) is 11.5. The van der Waals surface area contributed by atoms with E-state index in [1.165, 1.54) is 36.9 Å². The number of rotatable bonds is 13. The third kappa shape index (κ3) is 6.56. The number of halogens is 2. The predicted octanol–water partition coefficient (Wildman–Crippen LogP) is 8.72. The molecule has 306 valence electrons. The second kappa shape index (κ2) is 16.1. The summed E-state index contributed by atoms with van der Waals surface area (Å²) < 4.78 is 27.8. The van der Waals surface area contributed by atoms with Crippen LogP contribution in [-0.4, -0.2) is 70.3 Å². The van der Waals surface area contributed by atoms with Crippen molar-refractivity contribution in [1.29, 1.82) is 0 Å². The molecule has 4 heterocycles. The molecule has 14 nitrogen and oxygen atoms in total. The summed E-state index contributed by atoms with van der Waals surface area (Å²) in [6.45, 7) is 3.96. The van der Waals surface area contributed by atoms with E-state index in [2.05, 4.69) is 0 Å². The van der Waals surface area contributed by atoms with Crippen LogP contribution < -0.4 is 20.9 Å². The molecule has 0 aliphatic heterocycles. The van der Waals surface area contributed by atoms with Crippen molar-refractivity contribution in [3.63, 3.8) is 0 Å². The summed E-state index contributed by atoms with van der Waals surface area (Å²) in [5, 5.41) is 1.92. The number of ether oxygens (including phenoxy) is 4. The first-order valence-electron chi connectivity index (χ1n) is 18.4. The number of fused-ring (bicyclic) bond motifs is 4. The van der Waals surface area contributed by atoms with Gasteiger partial charge in [0.05, 0.1) is 70.8 Å². The van der Waals surface area contributed by atoms with Crippen molar-refractivity contribution in [3.05, 3.63) is 91.6 Å². The molecule has 18 heteroatoms. The Morgan fingerprint density at radius 2 is 1.03 bits per heavy atom. The van der Waals surface area contributed by atoms with Gasteiger partial charge in [0.1, 0.15) is 32.4 Å². The van der Waals surface area contributed by atoms with Crippen LogP contribution >= 0.6 is 45.9 Å². The third-order valence-electron chi connectivity index (χ3n) is 9.93. The number of aryl methyl sites for hydroxylation is 2. The maximum atomic E-state index is 13.7. The molecule has 60 heavy (non-hydrogen) atoms. The first-order valence-corrected chi connectivity index (χ1v) is 20.8. The lowest BCUT2D eigenvalue weighted by atomic mass is 10.1. The highest BCUT2D eigenvalue weighted by Gasteiger charge is 2.31. The van der Waals surface area contributed by atoms with Crippen LogP contribution in [0.15, 0.2) is 60.7 Å². The number of methoxy groups -OCH3 is 2. The van der Waals surface area contributed by atoms with Gasteiger partial charge in [0, 0.05) is 33.3 Å². The van der Waals surface area contributed by atoms with Gasteiger partial charge >= 0.3 is 11.9 Å². The average Bonchev–Trinajstić information content (AvgIpc) is 4.00. The van der Waals surface area contributed by atoms with Crippen LogP contribution in [0.25, 0.3) is 65.0 Å². The molecule has 8 rings (SSSR count). The maximum Gasteiger partial charge on any atom is 0.349 e. The van der Waals surface area contributed by atoms with Crippen molar-refractivity contribution >= 4 is 112 Å². The molecule has 4 N–H and O–H groups in total. The Kier molecular flexibility index (Phi) is 10.9. The zero-order chi connectivity index (χ0) is 42.6. The summed E-state index contributed by atoms with van der Waals surface area (Å²) in [7, 11) is 2.83. The van der Waals surface area contributed by atoms with E-state index >= 15 is 0 Å². The molecule has 0 radical (unpaired) electrons. The SMILES string of the molecule is CCOC(=O)c1sc2cccc(Cl)c2c1-c1nc2c(OC)c(C(N)=O)ccc2n1CCn1c(-c2c(C(=O)OCC)sc3cccc(Cl)c23)nc2c(OC)c(C(N)=O)ccc21. The first-order chi connectivity index (χ1) is 28.9. The number of carbonyl (C=O) groups is 4. The summed E-state index contributed by atoms with van der Waals surface area (Å²) in [6.07, 6.45) is 0. The monoisotopic (exact) mass is 884 g/mol. The number of aromatic nitrogens is 4. The number of esters is 2. The molecule has 0 fully saturated rings. The van der Waals surface area contributed by atoms with Crippen LogP contribution in [0.2, 0.25) is 10.0 Å². The van der Waals surface area contributed by atoms with Crippen molar-refractivity contribution in [2.24, 2.45) is 11.5 Å². The number of hydrogen-bond acceptors (Lipinski definition) is 12. The van der Waals surface area contributed by atoms with Crippen molar-refractivity contribution in [2.75, 3.05) is 27.4 Å². The van der Waals surface area contributed by atoms with Crippen molar-refractivity contribution in [3.8, 4) is 34.3 Å². The molecule has 0 bridgehead atoms. The number of amides is 2. The van der Waals surface area contributed by atoms with E-state index in [1.54, 1.807) is 62.4 Å². The van der Waals surface area contributed by atoms with Crippen LogP contribution in [0.3, 0.4) is 0 Å². The molecule has 4 aromatic carbocycles. The standard InChI is InChI=1S/C42H34Cl2N6O8S2/c1-5-57-41(53)35-29(27-21(43)9-7-11-25(27)59-35)39-47-31-23(15-13-19(37(45)51)33(31)55-3)49(39)17-18-50-24-16-14-20(38(46)52)34(56-4)32(24)48-40(50)30-28-22(44)10-8-12-26(28)60-36(30)42(54)58-6-2/h7-16H,5-6,17-18H2,1-4H3,(H2,45,51)(H2,46,52). The van der Waals surface area contributed by atoms with E-state index in [0.717, 1.165) is 9.40 Å². The number of primary amides is 2. The van der Waals surface area contributed by atoms with Crippen molar-refractivity contribution in [2.45, 2.75) is 26.9 Å². The van der Waals surface area contributed by atoms with Gasteiger partial charge in [0.15, 0.2) is 11.5 Å². The molecule has 0 aliphatic rings. The highest BCUT2D eigenvalue weighted by Crippen LogP contribution is 2.46. The van der Waals surface area contributed by atoms with E-state index < -0.39 is 23.8 Å². The highest BCUT2D eigenvalue weighted by atomic mass is 35.5. The van der Waals surface area contributed by atoms with Crippen molar-refractivity contribution < 1.29 is 38.1 Å². The van der Waals surface area contributed by atoms with Gasteiger partial charge in [-0.2, -0.15) is 0 Å². The van der Waals surface area contributed by atoms with Crippen LogP contribution in [-0.2, 0) is 22.6 Å². The lowest BCUT2D eigenvalue weighted by molar-refractivity contribution is 0.0523. The zero-order valence-corrected chi connectivity index (χ0v) is 35.5. The maximum absolute atomic E-state index is 13.7. The molecular weight excluding hydrogens is 852 g/mol. The Hall–Kier alpha value is -6.20. The smallest absolute Gasteiger partial charge is 0.349 e. The summed E-state index contributed by atoms with van der Waals surface area (Å²) >= 11 is 16.2. The second-order valence-corrected chi connectivity index (χ2v) is 16.1. The van der Waals surface area contributed by atoms with E-state index in [9.17, 15) is 19.2 Å². The number of benzene rings is 4. The van der Waals surface area contributed by atoms with Gasteiger partial charge in [-0.3, -0.25) is 9.59 Å². The summed E-state index contributed by atoms with van der Waals surface area (Å²) in [6, 6.07) is 17.2. The third-order valence-corrected chi connectivity index (χ3v) is 12.8. The number of nitrogens with two attached hydrogens (primary N) is 2. The number of nitrogens with zero attached hydrogens (tertiary/aromatic N) is 4. The molecular formula is C42H34Cl2N6O8S2. The number of thiophene rings is 2. The molecule has 0 aliphatic carbocycles. The van der Waals surface area contributed by atoms with Gasteiger partial charge in [-0.25, -0.2) is 19.6 Å². The molecule has 0 saturated carbocycles. The van der Waals surface area contributed by atoms with Gasteiger partial charge in [-0.15, -0.1) is 22.7 Å². The summed E-state index contributed by atoms with van der Waals surface area (Å²) in [4.78, 5) is 63.3. The fourth-order valence-electron chi connectivity index (χ4n) is 7.49. The first kappa shape index (κ1) is 40.6. The minimum Gasteiger partial charge on any atom is -0.494 e. The largest absolute Gasteiger partial charge is 0.494 e. The minimum atomic E-state index is -0.723. The van der Waals surface area contributed by atoms with Crippen LogP contribution in [0, 0.1) is 0 Å². The molecule has 8 aromatic rings. The average molecular weight is 886 g/mol. The van der Waals surface area contributed by atoms with Crippen LogP contribution in [0.4, 0.5) is 0 Å². The van der Waals surface area contributed by atoms with Gasteiger partial charge in [0.2, 0.25) is 0 Å². The minimum absolute atomic E-state index is 0.105. The lowest BCUT2D eigenvalue weighted by Gasteiger charge is -2.15. The number of carbonyl (C=O) groups excluding carboxylic acids is 4. The Labute approximate surface area is 359 Å². The Balaban J connectivity index is 1.43. The quantitative estimate of drug-likeness (QED) is 0.106. The molecule has 4 aromatic heterocycles. The number of imidazole rings is 2. The fraction of sp³-hybridized carbons (Fsp3) is 0.190. The Bertz CT molecular complexity index is 2890. The van der Waals surface area contributed by atoms with Gasteiger partial charge < -0.3 is 39.5 Å². The van der Waals surface area contributed by atoms with Crippen LogP contribution in [0.1, 0.15) is 53.9 Å². The summed E-state index contributed by atoms with van der Waals surface area (Å²) in [5.41, 5.74) is 14.3. The molecule has 0 unspecified atom stereocenters. The fourth-order valence-corrected chi connectivity index (χ4v) is 10.4. The Morgan fingerprint density at radius 3 is 1.38 bits per heavy atom. The number of hydrogen-bond donors (Lipinski definition) is 2. The second-order valence-electron chi connectivity index (χ2n) is 13.2. The summed E-state index contributed by atoms with van der Waals surface area (Å²) in [5.74, 6) is -1.66. The topological polar surface area (TPSA) is 193 Å². The molecule has 0 atom stereocenters. The van der Waals surface area contributed by atoms with Gasteiger partial charge in [-0.05, 0) is 62.4 Å². The van der Waals surface area contributed by atoms with E-state index in [1.807, 2.05) is 21.3 Å². The van der Waals surface area contributed by atoms with E-state index in [4.69, 9.17) is 63.6 Å². The van der Waals surface area contributed by atoms with Gasteiger partial charge in [0.25, 0.3) is 11.8 Å². The Morgan fingerprint density at radius 1 is 0.633 bits per heavy atom. The molecule has 0 saturated heterocycles. The predicted molar refractivity (Wildman–Crippen MR) is 233 cm³/mol. The lowest BCUT2D eigenvalue weighted by Crippen LogP contribution is -2.14. The van der Waals surface area contributed by atoms with Crippen LogP contribution in [0.5, 0.6) is 11.5 Å². The van der Waals surface area contributed by atoms with E-state index in [-0.39, 0.29) is 58.7 Å².